The van der Waals surface area contributed by atoms with Gasteiger partial charge in [0.25, 0.3) is 5.91 Å². The topological polar surface area (TPSA) is 115 Å². The van der Waals surface area contributed by atoms with E-state index in [0.29, 0.717) is 22.0 Å². The molecule has 0 saturated carbocycles. The van der Waals surface area contributed by atoms with Gasteiger partial charge < -0.3 is 14.5 Å². The fraction of sp³-hybridized carbons (Fsp3) is 0.143. The zero-order valence-corrected chi connectivity index (χ0v) is 18.0. The first-order chi connectivity index (χ1) is 14.8. The van der Waals surface area contributed by atoms with Crippen molar-refractivity contribution in [2.24, 2.45) is 0 Å². The maximum atomic E-state index is 12.5. The first kappa shape index (κ1) is 22.5. The Kier molecular flexibility index (Phi) is 7.11. The Morgan fingerprint density at radius 3 is 2.61 bits per heavy atom. The van der Waals surface area contributed by atoms with Crippen molar-refractivity contribution >= 4 is 39.2 Å². The molecule has 0 saturated heterocycles. The zero-order valence-electron chi connectivity index (χ0n) is 16.4. The number of hydrogen-bond acceptors (Lipinski definition) is 6. The van der Waals surface area contributed by atoms with Crippen LogP contribution in [0.15, 0.2) is 70.2 Å². The van der Waals surface area contributed by atoms with Crippen LogP contribution in [0.1, 0.15) is 21.7 Å². The van der Waals surface area contributed by atoms with Crippen LogP contribution in [0.2, 0.25) is 5.02 Å². The molecular weight excluding hydrogens is 444 g/mol. The van der Waals surface area contributed by atoms with Crippen LogP contribution in [-0.2, 0) is 26.1 Å². The molecule has 0 aliphatic heterocycles. The largest absolute Gasteiger partial charge is 0.468 e. The molecule has 0 radical (unpaired) electrons. The molecule has 2 aromatic carbocycles. The molecule has 10 heteroatoms. The number of rotatable bonds is 8. The van der Waals surface area contributed by atoms with E-state index in [1.165, 1.54) is 30.5 Å². The number of hydrogen-bond donors (Lipinski definition) is 2. The molecule has 162 valence electrons. The van der Waals surface area contributed by atoms with Gasteiger partial charge in [-0.1, -0.05) is 23.7 Å². The van der Waals surface area contributed by atoms with E-state index < -0.39 is 28.5 Å². The lowest BCUT2D eigenvalue weighted by Gasteiger charge is -2.10. The highest BCUT2D eigenvalue weighted by atomic mass is 35.5. The van der Waals surface area contributed by atoms with Crippen LogP contribution in [0.5, 0.6) is 0 Å². The molecule has 1 amide bonds. The fourth-order valence-corrected chi connectivity index (χ4v) is 3.81. The first-order valence-corrected chi connectivity index (χ1v) is 11.0. The summed E-state index contributed by atoms with van der Waals surface area (Å²) in [7, 11) is -3.88. The lowest BCUT2D eigenvalue weighted by Crippen LogP contribution is -2.24. The Morgan fingerprint density at radius 2 is 1.87 bits per heavy atom. The van der Waals surface area contributed by atoms with Crippen molar-refractivity contribution in [3.8, 4) is 0 Å². The van der Waals surface area contributed by atoms with Gasteiger partial charge in [0.15, 0.2) is 6.61 Å². The average Bonchev–Trinajstić information content (AvgIpc) is 3.28. The quantitative estimate of drug-likeness (QED) is 0.495. The van der Waals surface area contributed by atoms with Gasteiger partial charge in [0.1, 0.15) is 5.76 Å². The van der Waals surface area contributed by atoms with E-state index in [4.69, 9.17) is 20.8 Å². The van der Waals surface area contributed by atoms with Gasteiger partial charge in [-0.05, 0) is 55.0 Å². The molecule has 31 heavy (non-hydrogen) atoms. The van der Waals surface area contributed by atoms with Gasteiger partial charge >= 0.3 is 5.97 Å². The summed E-state index contributed by atoms with van der Waals surface area (Å²) in [4.78, 5) is 24.3. The smallest absolute Gasteiger partial charge is 0.338 e. The number of carbonyl (C=O) groups is 2. The molecule has 0 atom stereocenters. The van der Waals surface area contributed by atoms with Crippen LogP contribution in [-0.4, -0.2) is 26.9 Å². The molecule has 0 unspecified atom stereocenters. The van der Waals surface area contributed by atoms with Gasteiger partial charge in [0, 0.05) is 10.7 Å². The predicted octanol–water partition coefficient (Wildman–Crippen LogP) is 3.52. The van der Waals surface area contributed by atoms with Crippen LogP contribution in [0.25, 0.3) is 0 Å². The SMILES string of the molecule is Cc1c(Cl)cccc1NC(=O)COC(=O)c1cccc(S(=O)(=O)NCc2ccco2)c1. The van der Waals surface area contributed by atoms with Crippen molar-refractivity contribution in [1.82, 2.24) is 4.72 Å². The Morgan fingerprint density at radius 1 is 1.10 bits per heavy atom. The molecule has 0 fully saturated rings. The summed E-state index contributed by atoms with van der Waals surface area (Å²) in [5.41, 5.74) is 1.18. The minimum atomic E-state index is -3.88. The number of ether oxygens (including phenoxy) is 1. The molecule has 0 bridgehead atoms. The third-order valence-corrected chi connectivity index (χ3v) is 6.08. The van der Waals surface area contributed by atoms with Gasteiger partial charge in [-0.15, -0.1) is 0 Å². The molecule has 3 aromatic rings. The normalized spacial score (nSPS) is 11.2. The van der Waals surface area contributed by atoms with Crippen LogP contribution < -0.4 is 10.0 Å². The average molecular weight is 463 g/mol. The van der Waals surface area contributed by atoms with Gasteiger partial charge in [-0.2, -0.15) is 0 Å². The number of furan rings is 1. The summed E-state index contributed by atoms with van der Waals surface area (Å²) >= 11 is 6.01. The summed E-state index contributed by atoms with van der Waals surface area (Å²) in [6.07, 6.45) is 1.43. The molecule has 8 nitrogen and oxygen atoms in total. The summed E-state index contributed by atoms with van der Waals surface area (Å²) in [5, 5.41) is 3.10. The highest BCUT2D eigenvalue weighted by molar-refractivity contribution is 7.89. The third kappa shape index (κ3) is 5.94. The number of esters is 1. The summed E-state index contributed by atoms with van der Waals surface area (Å²) in [5.74, 6) is -0.941. The van der Waals surface area contributed by atoms with E-state index in [1.807, 2.05) is 0 Å². The molecule has 1 aromatic heterocycles. The van der Waals surface area contributed by atoms with Crippen LogP contribution in [0.4, 0.5) is 5.69 Å². The molecule has 1 heterocycles. The Hall–Kier alpha value is -3.14. The van der Waals surface area contributed by atoms with E-state index in [2.05, 4.69) is 10.0 Å². The summed E-state index contributed by atoms with van der Waals surface area (Å²) in [6.45, 7) is 1.17. The number of benzene rings is 2. The van der Waals surface area contributed by atoms with Gasteiger partial charge in [-0.25, -0.2) is 17.9 Å². The standard InChI is InChI=1S/C21H19ClN2O6S/c1-14-18(22)8-3-9-19(14)24-20(25)13-30-21(26)15-5-2-7-17(11-15)31(27,28)23-12-16-6-4-10-29-16/h2-11,23H,12-13H2,1H3,(H,24,25). The Labute approximate surface area is 184 Å². The minimum Gasteiger partial charge on any atom is -0.468 e. The maximum absolute atomic E-state index is 12.5. The predicted molar refractivity (Wildman–Crippen MR) is 114 cm³/mol. The van der Waals surface area contributed by atoms with Crippen molar-refractivity contribution in [1.29, 1.82) is 0 Å². The minimum absolute atomic E-state index is 0.00684. The van der Waals surface area contributed by atoms with E-state index >= 15 is 0 Å². The highest BCUT2D eigenvalue weighted by Crippen LogP contribution is 2.22. The van der Waals surface area contributed by atoms with Crippen LogP contribution in [0, 0.1) is 6.92 Å². The van der Waals surface area contributed by atoms with Crippen LogP contribution >= 0.6 is 11.6 Å². The van der Waals surface area contributed by atoms with Crippen molar-refractivity contribution in [3.63, 3.8) is 0 Å². The second-order valence-electron chi connectivity index (χ2n) is 6.47. The molecule has 0 aliphatic carbocycles. The molecular formula is C21H19ClN2O6S. The number of nitrogens with one attached hydrogen (secondary N) is 2. The molecule has 3 rings (SSSR count). The van der Waals surface area contributed by atoms with E-state index in [-0.39, 0.29) is 17.0 Å². The maximum Gasteiger partial charge on any atom is 0.338 e. The number of sulfonamides is 1. The Bertz CT molecular complexity index is 1190. The van der Waals surface area contributed by atoms with Crippen molar-refractivity contribution in [2.75, 3.05) is 11.9 Å². The molecule has 2 N–H and O–H groups in total. The second-order valence-corrected chi connectivity index (χ2v) is 8.64. The third-order valence-electron chi connectivity index (χ3n) is 4.27. The lowest BCUT2D eigenvalue weighted by atomic mass is 10.2. The van der Waals surface area contributed by atoms with Crippen molar-refractivity contribution < 1.29 is 27.2 Å². The van der Waals surface area contributed by atoms with Gasteiger partial charge in [-0.3, -0.25) is 4.79 Å². The van der Waals surface area contributed by atoms with Crippen molar-refractivity contribution in [3.05, 3.63) is 82.8 Å². The van der Waals surface area contributed by atoms with Gasteiger partial charge in [0.2, 0.25) is 10.0 Å². The number of anilines is 1. The van der Waals surface area contributed by atoms with Crippen molar-refractivity contribution in [2.45, 2.75) is 18.4 Å². The summed E-state index contributed by atoms with van der Waals surface area (Å²) < 4.78 is 37.4. The second kappa shape index (κ2) is 9.78. The van der Waals surface area contributed by atoms with E-state index in [0.717, 1.165) is 0 Å². The molecule has 0 spiro atoms. The highest BCUT2D eigenvalue weighted by Gasteiger charge is 2.18. The number of amides is 1. The zero-order chi connectivity index (χ0) is 22.4. The lowest BCUT2D eigenvalue weighted by molar-refractivity contribution is -0.119. The van der Waals surface area contributed by atoms with E-state index in [1.54, 1.807) is 37.3 Å². The van der Waals surface area contributed by atoms with Crippen LogP contribution in [0.3, 0.4) is 0 Å². The monoisotopic (exact) mass is 462 g/mol. The summed E-state index contributed by atoms with van der Waals surface area (Å²) in [6, 6.07) is 13.6. The van der Waals surface area contributed by atoms with E-state index in [9.17, 15) is 18.0 Å². The molecule has 0 aliphatic rings. The number of carbonyl (C=O) groups excluding carboxylic acids is 2. The Balaban J connectivity index is 1.60. The fourth-order valence-electron chi connectivity index (χ4n) is 2.60. The number of halogens is 1. The van der Waals surface area contributed by atoms with Gasteiger partial charge in [0.05, 0.1) is 23.3 Å². The first-order valence-electron chi connectivity index (χ1n) is 9.10.